The fraction of sp³-hybridized carbons (Fsp3) is 0.100. The lowest BCUT2D eigenvalue weighted by atomic mass is 10.1. The molecule has 0 radical (unpaired) electrons. The van der Waals surface area contributed by atoms with Crippen molar-refractivity contribution in [3.05, 3.63) is 66.5 Å². The van der Waals surface area contributed by atoms with E-state index < -0.39 is 0 Å². The van der Waals surface area contributed by atoms with Crippen LogP contribution in [-0.2, 0) is 0 Å². The molecule has 0 bridgehead atoms. The molecular formula is C20H17N5O3. The van der Waals surface area contributed by atoms with Crippen LogP contribution in [0.15, 0.2) is 60.9 Å². The third-order valence-electron chi connectivity index (χ3n) is 4.38. The normalized spacial score (nSPS) is 10.6. The van der Waals surface area contributed by atoms with Crippen molar-refractivity contribution in [1.29, 1.82) is 0 Å². The molecule has 0 aliphatic carbocycles. The number of nitrogens with one attached hydrogen (secondary N) is 1. The van der Waals surface area contributed by atoms with Crippen LogP contribution in [-0.4, -0.2) is 40.3 Å². The zero-order valence-corrected chi connectivity index (χ0v) is 15.3. The maximum absolute atomic E-state index is 13.2. The SMILES string of the molecule is COc1cc(C(=O)Nc2cccc3ccccc23)c(-n2cnnn2)cc1OC. The van der Waals surface area contributed by atoms with Crippen LogP contribution < -0.4 is 14.8 Å². The molecule has 8 heteroatoms. The lowest BCUT2D eigenvalue weighted by Crippen LogP contribution is -2.16. The third-order valence-corrected chi connectivity index (χ3v) is 4.38. The van der Waals surface area contributed by atoms with Crippen LogP contribution in [0.4, 0.5) is 5.69 Å². The highest BCUT2D eigenvalue weighted by molar-refractivity contribution is 6.11. The minimum Gasteiger partial charge on any atom is -0.493 e. The van der Waals surface area contributed by atoms with Crippen LogP contribution in [0.25, 0.3) is 16.5 Å². The first kappa shape index (κ1) is 17.5. The van der Waals surface area contributed by atoms with Gasteiger partial charge in [0.1, 0.15) is 6.33 Å². The molecule has 8 nitrogen and oxygen atoms in total. The molecule has 4 aromatic rings. The molecule has 140 valence electrons. The van der Waals surface area contributed by atoms with Gasteiger partial charge < -0.3 is 14.8 Å². The third kappa shape index (κ3) is 3.11. The van der Waals surface area contributed by atoms with Crippen molar-refractivity contribution in [2.24, 2.45) is 0 Å². The number of amides is 1. The van der Waals surface area contributed by atoms with Gasteiger partial charge in [-0.25, -0.2) is 0 Å². The lowest BCUT2D eigenvalue weighted by Gasteiger charge is -2.15. The zero-order chi connectivity index (χ0) is 19.5. The van der Waals surface area contributed by atoms with E-state index in [2.05, 4.69) is 20.8 Å². The number of aromatic nitrogens is 4. The number of anilines is 1. The average molecular weight is 375 g/mol. The summed E-state index contributed by atoms with van der Waals surface area (Å²) in [5.41, 5.74) is 1.53. The van der Waals surface area contributed by atoms with Crippen molar-refractivity contribution in [1.82, 2.24) is 20.2 Å². The second kappa shape index (κ2) is 7.36. The summed E-state index contributed by atoms with van der Waals surface area (Å²) < 4.78 is 12.1. The Morgan fingerprint density at radius 1 is 1.00 bits per heavy atom. The molecule has 4 rings (SSSR count). The van der Waals surface area contributed by atoms with E-state index in [1.54, 1.807) is 12.1 Å². The second-order valence-electron chi connectivity index (χ2n) is 5.96. The quantitative estimate of drug-likeness (QED) is 0.576. The molecular weight excluding hydrogens is 358 g/mol. The molecule has 1 aromatic heterocycles. The van der Waals surface area contributed by atoms with Crippen molar-refractivity contribution in [2.45, 2.75) is 0 Å². The second-order valence-corrected chi connectivity index (χ2v) is 5.96. The van der Waals surface area contributed by atoms with Gasteiger partial charge in [0.15, 0.2) is 11.5 Å². The van der Waals surface area contributed by atoms with E-state index in [9.17, 15) is 4.79 Å². The average Bonchev–Trinajstić information content (AvgIpc) is 3.27. The number of methoxy groups -OCH3 is 2. The summed E-state index contributed by atoms with van der Waals surface area (Å²) in [5.74, 6) is 0.583. The van der Waals surface area contributed by atoms with E-state index in [1.807, 2.05) is 42.5 Å². The van der Waals surface area contributed by atoms with E-state index >= 15 is 0 Å². The van der Waals surface area contributed by atoms with Crippen molar-refractivity contribution >= 4 is 22.4 Å². The number of hydrogen-bond donors (Lipinski definition) is 1. The van der Waals surface area contributed by atoms with E-state index in [4.69, 9.17) is 9.47 Å². The standard InChI is InChI=1S/C20H17N5O3/c1-27-18-10-15(17(11-19(18)28-2)25-12-21-23-24-25)20(26)22-16-9-5-7-13-6-3-4-8-14(13)16/h3-12H,1-2H3,(H,22,26). The highest BCUT2D eigenvalue weighted by Gasteiger charge is 2.20. The van der Waals surface area contributed by atoms with E-state index in [1.165, 1.54) is 25.2 Å². The van der Waals surface area contributed by atoms with Gasteiger partial charge in [0.2, 0.25) is 0 Å². The van der Waals surface area contributed by atoms with Gasteiger partial charge in [-0.1, -0.05) is 36.4 Å². The minimum absolute atomic E-state index is 0.317. The summed E-state index contributed by atoms with van der Waals surface area (Å²) in [7, 11) is 3.04. The fourth-order valence-corrected chi connectivity index (χ4v) is 3.04. The van der Waals surface area contributed by atoms with Gasteiger partial charge in [-0.15, -0.1) is 5.10 Å². The molecule has 0 aliphatic rings. The molecule has 0 spiro atoms. The first-order chi connectivity index (χ1) is 13.7. The number of carbonyl (C=O) groups excluding carboxylic acids is 1. The molecule has 0 unspecified atom stereocenters. The van der Waals surface area contributed by atoms with Crippen LogP contribution >= 0.6 is 0 Å². The number of nitrogens with zero attached hydrogens (tertiary/aromatic N) is 4. The Morgan fingerprint density at radius 2 is 1.75 bits per heavy atom. The van der Waals surface area contributed by atoms with E-state index in [0.717, 1.165) is 10.8 Å². The largest absolute Gasteiger partial charge is 0.493 e. The van der Waals surface area contributed by atoms with Gasteiger partial charge in [0, 0.05) is 17.1 Å². The summed E-state index contributed by atoms with van der Waals surface area (Å²) >= 11 is 0. The lowest BCUT2D eigenvalue weighted by molar-refractivity contribution is 0.102. The monoisotopic (exact) mass is 375 g/mol. The number of hydrogen-bond acceptors (Lipinski definition) is 6. The molecule has 0 saturated carbocycles. The van der Waals surface area contributed by atoms with Crippen LogP contribution in [0.1, 0.15) is 10.4 Å². The molecule has 0 fully saturated rings. The Labute approximate surface area is 160 Å². The molecule has 0 saturated heterocycles. The maximum Gasteiger partial charge on any atom is 0.258 e. The number of fused-ring (bicyclic) bond motifs is 1. The Balaban J connectivity index is 1.80. The van der Waals surface area contributed by atoms with Crippen molar-refractivity contribution in [3.8, 4) is 17.2 Å². The van der Waals surface area contributed by atoms with Gasteiger partial charge >= 0.3 is 0 Å². The predicted octanol–water partition coefficient (Wildman–Crippen LogP) is 3.09. The Kier molecular flexibility index (Phi) is 4.59. The maximum atomic E-state index is 13.2. The highest BCUT2D eigenvalue weighted by Crippen LogP contribution is 2.33. The number of carbonyl (C=O) groups is 1. The minimum atomic E-state index is -0.317. The number of rotatable bonds is 5. The Bertz CT molecular complexity index is 1140. The van der Waals surface area contributed by atoms with Crippen LogP contribution in [0.5, 0.6) is 11.5 Å². The molecule has 28 heavy (non-hydrogen) atoms. The summed E-state index contributed by atoms with van der Waals surface area (Å²) in [6.07, 6.45) is 1.41. The number of tetrazole rings is 1. The topological polar surface area (TPSA) is 91.2 Å². The highest BCUT2D eigenvalue weighted by atomic mass is 16.5. The van der Waals surface area contributed by atoms with Gasteiger partial charge in [0.25, 0.3) is 5.91 Å². The summed E-state index contributed by atoms with van der Waals surface area (Å²) in [6, 6.07) is 16.9. The molecule has 1 heterocycles. The van der Waals surface area contributed by atoms with Gasteiger partial charge in [-0.2, -0.15) is 4.68 Å². The molecule has 3 aromatic carbocycles. The molecule has 1 amide bonds. The van der Waals surface area contributed by atoms with Crippen molar-refractivity contribution in [3.63, 3.8) is 0 Å². The van der Waals surface area contributed by atoms with E-state index in [-0.39, 0.29) is 5.91 Å². The van der Waals surface area contributed by atoms with Crippen LogP contribution in [0, 0.1) is 0 Å². The molecule has 1 N–H and O–H groups in total. The number of ether oxygens (including phenoxy) is 2. The van der Waals surface area contributed by atoms with E-state index in [0.29, 0.717) is 28.4 Å². The molecule has 0 aliphatic heterocycles. The first-order valence-electron chi connectivity index (χ1n) is 8.49. The number of benzene rings is 3. The van der Waals surface area contributed by atoms with Gasteiger partial charge in [-0.3, -0.25) is 4.79 Å². The van der Waals surface area contributed by atoms with Crippen molar-refractivity contribution in [2.75, 3.05) is 19.5 Å². The summed E-state index contributed by atoms with van der Waals surface area (Å²) in [5, 5.41) is 16.2. The fourth-order valence-electron chi connectivity index (χ4n) is 3.04. The van der Waals surface area contributed by atoms with Crippen LogP contribution in [0.3, 0.4) is 0 Å². The zero-order valence-electron chi connectivity index (χ0n) is 15.3. The Hall–Kier alpha value is -3.94. The summed E-state index contributed by atoms with van der Waals surface area (Å²) in [6.45, 7) is 0. The van der Waals surface area contributed by atoms with Gasteiger partial charge in [0.05, 0.1) is 25.5 Å². The first-order valence-corrected chi connectivity index (χ1v) is 8.49. The van der Waals surface area contributed by atoms with Crippen molar-refractivity contribution < 1.29 is 14.3 Å². The smallest absolute Gasteiger partial charge is 0.258 e. The Morgan fingerprint density at radius 3 is 2.50 bits per heavy atom. The summed E-state index contributed by atoms with van der Waals surface area (Å²) in [4.78, 5) is 13.2. The molecule has 0 atom stereocenters. The predicted molar refractivity (Wildman–Crippen MR) is 104 cm³/mol. The van der Waals surface area contributed by atoms with Crippen LogP contribution in [0.2, 0.25) is 0 Å². The van der Waals surface area contributed by atoms with Gasteiger partial charge in [-0.05, 0) is 27.9 Å².